The van der Waals surface area contributed by atoms with Crippen molar-refractivity contribution in [1.82, 2.24) is 9.55 Å². The van der Waals surface area contributed by atoms with Crippen LogP contribution in [0.15, 0.2) is 42.5 Å². The van der Waals surface area contributed by atoms with E-state index in [4.69, 9.17) is 16.3 Å². The number of nitrogens with one attached hydrogen (secondary N) is 1. The average Bonchev–Trinajstić information content (AvgIpc) is 3.45. The topological polar surface area (TPSA) is 76.5 Å². The highest BCUT2D eigenvalue weighted by atomic mass is 35.5. The molecule has 0 aliphatic carbocycles. The van der Waals surface area contributed by atoms with Gasteiger partial charge in [-0.2, -0.15) is 0 Å². The van der Waals surface area contributed by atoms with E-state index in [2.05, 4.69) is 10.3 Å². The standard InChI is InChI=1S/C22H20ClFN4O3/c23-15-10-13(7-8-16(15)24)25-20(29)11-19-21(30)27(12-14-4-3-9-31-14)22-26-17-5-1-2-6-18(17)28(19)22/h1-2,5-8,10,14,19H,3-4,9,11-12H2,(H,25,29)/t14-,19-/m0/s1. The van der Waals surface area contributed by atoms with E-state index < -0.39 is 11.9 Å². The van der Waals surface area contributed by atoms with Gasteiger partial charge >= 0.3 is 0 Å². The van der Waals surface area contributed by atoms with Gasteiger partial charge in [0.2, 0.25) is 11.9 Å². The first-order chi connectivity index (χ1) is 15.0. The molecule has 2 aliphatic heterocycles. The van der Waals surface area contributed by atoms with E-state index in [0.29, 0.717) is 24.8 Å². The molecule has 31 heavy (non-hydrogen) atoms. The number of hydrogen-bond donors (Lipinski definition) is 1. The zero-order valence-corrected chi connectivity index (χ0v) is 17.3. The number of benzene rings is 2. The molecule has 0 spiro atoms. The smallest absolute Gasteiger partial charge is 0.253 e. The normalized spacial score (nSPS) is 20.5. The number of anilines is 2. The Labute approximate surface area is 182 Å². The fraction of sp³-hybridized carbons (Fsp3) is 0.318. The summed E-state index contributed by atoms with van der Waals surface area (Å²) in [7, 11) is 0. The predicted molar refractivity (Wildman–Crippen MR) is 115 cm³/mol. The van der Waals surface area contributed by atoms with Crippen LogP contribution in [0.5, 0.6) is 0 Å². The number of nitrogens with zero attached hydrogens (tertiary/aromatic N) is 3. The third-order valence-electron chi connectivity index (χ3n) is 5.67. The number of para-hydroxylation sites is 2. The molecule has 2 atom stereocenters. The number of ether oxygens (including phenoxy) is 1. The number of amides is 2. The SMILES string of the molecule is O=C(C[C@H]1C(=O)N(C[C@@H]2CCCO2)c2nc3ccccc3n21)Nc1ccc(F)c(Cl)c1. The van der Waals surface area contributed by atoms with Crippen LogP contribution in [0.25, 0.3) is 11.0 Å². The molecule has 1 aromatic heterocycles. The maximum absolute atomic E-state index is 13.4. The molecule has 0 bridgehead atoms. The van der Waals surface area contributed by atoms with Crippen LogP contribution in [0.4, 0.5) is 16.0 Å². The number of carbonyl (C=O) groups excluding carboxylic acids is 2. The molecule has 1 fully saturated rings. The summed E-state index contributed by atoms with van der Waals surface area (Å²) in [6.07, 6.45) is 1.74. The zero-order valence-electron chi connectivity index (χ0n) is 16.6. The van der Waals surface area contributed by atoms with E-state index in [9.17, 15) is 14.0 Å². The van der Waals surface area contributed by atoms with Crippen molar-refractivity contribution < 1.29 is 18.7 Å². The molecule has 2 aliphatic rings. The van der Waals surface area contributed by atoms with Crippen LogP contribution >= 0.6 is 11.6 Å². The molecule has 0 unspecified atom stereocenters. The van der Waals surface area contributed by atoms with Gasteiger partial charge in [0.05, 0.1) is 35.1 Å². The summed E-state index contributed by atoms with van der Waals surface area (Å²) in [5, 5.41) is 2.61. The molecule has 1 N–H and O–H groups in total. The van der Waals surface area contributed by atoms with E-state index in [-0.39, 0.29) is 29.4 Å². The van der Waals surface area contributed by atoms with Crippen LogP contribution in [-0.4, -0.2) is 40.6 Å². The van der Waals surface area contributed by atoms with E-state index >= 15 is 0 Å². The summed E-state index contributed by atoms with van der Waals surface area (Å²) >= 11 is 5.80. The van der Waals surface area contributed by atoms with Crippen molar-refractivity contribution in [2.45, 2.75) is 31.4 Å². The second kappa shape index (κ2) is 7.94. The first-order valence-electron chi connectivity index (χ1n) is 10.2. The first kappa shape index (κ1) is 20.0. The number of hydrogen-bond acceptors (Lipinski definition) is 4. The molecule has 7 nitrogen and oxygen atoms in total. The van der Waals surface area contributed by atoms with Gasteiger partial charge < -0.3 is 10.1 Å². The fourth-order valence-corrected chi connectivity index (χ4v) is 4.40. The summed E-state index contributed by atoms with van der Waals surface area (Å²) in [4.78, 5) is 32.3. The van der Waals surface area contributed by atoms with Crippen LogP contribution in [0, 0.1) is 5.82 Å². The number of halogens is 2. The molecule has 1 saturated heterocycles. The average molecular weight is 443 g/mol. The lowest BCUT2D eigenvalue weighted by Crippen LogP contribution is -2.37. The van der Waals surface area contributed by atoms with Gasteiger partial charge in [-0.25, -0.2) is 9.37 Å². The monoisotopic (exact) mass is 442 g/mol. The maximum atomic E-state index is 13.4. The minimum absolute atomic E-state index is 0.0360. The Morgan fingerprint density at radius 2 is 2.13 bits per heavy atom. The van der Waals surface area contributed by atoms with Crippen molar-refractivity contribution in [2.75, 3.05) is 23.4 Å². The summed E-state index contributed by atoms with van der Waals surface area (Å²) in [5.74, 6) is -0.589. The number of aromatic nitrogens is 2. The van der Waals surface area contributed by atoms with Crippen LogP contribution in [0.2, 0.25) is 5.02 Å². The molecule has 0 saturated carbocycles. The highest BCUT2D eigenvalue weighted by Gasteiger charge is 2.42. The molecule has 3 aromatic rings. The summed E-state index contributed by atoms with van der Waals surface area (Å²) < 4.78 is 20.9. The molecule has 5 rings (SSSR count). The zero-order chi connectivity index (χ0) is 21.5. The van der Waals surface area contributed by atoms with Gasteiger partial charge in [0.25, 0.3) is 5.91 Å². The largest absolute Gasteiger partial charge is 0.376 e. The third-order valence-corrected chi connectivity index (χ3v) is 5.96. The quantitative estimate of drug-likeness (QED) is 0.649. The number of imidazole rings is 1. The number of carbonyl (C=O) groups is 2. The van der Waals surface area contributed by atoms with E-state index in [1.165, 1.54) is 18.2 Å². The minimum Gasteiger partial charge on any atom is -0.376 e. The lowest BCUT2D eigenvalue weighted by molar-refractivity contribution is -0.124. The van der Waals surface area contributed by atoms with Crippen LogP contribution < -0.4 is 10.2 Å². The van der Waals surface area contributed by atoms with Gasteiger partial charge in [0, 0.05) is 12.3 Å². The molecule has 0 radical (unpaired) electrons. The second-order valence-electron chi connectivity index (χ2n) is 7.75. The van der Waals surface area contributed by atoms with Crippen molar-refractivity contribution in [3.8, 4) is 0 Å². The Balaban J connectivity index is 1.43. The van der Waals surface area contributed by atoms with Gasteiger partial charge in [0.15, 0.2) is 0 Å². The number of rotatable bonds is 5. The molecular weight excluding hydrogens is 423 g/mol. The minimum atomic E-state index is -0.722. The predicted octanol–water partition coefficient (Wildman–Crippen LogP) is 3.92. The van der Waals surface area contributed by atoms with Gasteiger partial charge in [-0.15, -0.1) is 0 Å². The first-order valence-corrected chi connectivity index (χ1v) is 10.5. The maximum Gasteiger partial charge on any atom is 0.253 e. The van der Waals surface area contributed by atoms with Crippen LogP contribution in [-0.2, 0) is 14.3 Å². The van der Waals surface area contributed by atoms with Crippen molar-refractivity contribution in [1.29, 1.82) is 0 Å². The van der Waals surface area contributed by atoms with Gasteiger partial charge in [-0.1, -0.05) is 23.7 Å². The van der Waals surface area contributed by atoms with E-state index in [1.807, 2.05) is 28.8 Å². The second-order valence-corrected chi connectivity index (χ2v) is 8.16. The Bertz CT molecular complexity index is 1170. The van der Waals surface area contributed by atoms with Gasteiger partial charge in [-0.3, -0.25) is 19.1 Å². The Kier molecular flexibility index (Phi) is 5.11. The van der Waals surface area contributed by atoms with Crippen LogP contribution in [0.3, 0.4) is 0 Å². The van der Waals surface area contributed by atoms with E-state index in [0.717, 1.165) is 23.9 Å². The van der Waals surface area contributed by atoms with Crippen molar-refractivity contribution in [3.05, 3.63) is 53.3 Å². The Morgan fingerprint density at radius 3 is 2.90 bits per heavy atom. The van der Waals surface area contributed by atoms with Crippen LogP contribution in [0.1, 0.15) is 25.3 Å². The summed E-state index contributed by atoms with van der Waals surface area (Å²) in [6, 6.07) is 10.8. The summed E-state index contributed by atoms with van der Waals surface area (Å²) in [5.41, 5.74) is 1.93. The highest BCUT2D eigenvalue weighted by Crippen LogP contribution is 2.37. The molecule has 2 aromatic carbocycles. The molecule has 3 heterocycles. The number of fused-ring (bicyclic) bond motifs is 3. The van der Waals surface area contributed by atoms with Crippen molar-refractivity contribution >= 4 is 46.1 Å². The molecule has 2 amide bonds. The fourth-order valence-electron chi connectivity index (χ4n) is 4.22. The molecular formula is C22H20ClFN4O3. The van der Waals surface area contributed by atoms with Gasteiger partial charge in [-0.05, 0) is 43.2 Å². The van der Waals surface area contributed by atoms with Crippen molar-refractivity contribution in [2.24, 2.45) is 0 Å². The third kappa shape index (κ3) is 3.66. The Hall–Kier alpha value is -2.97. The Morgan fingerprint density at radius 1 is 1.29 bits per heavy atom. The lowest BCUT2D eigenvalue weighted by Gasteiger charge is -2.19. The van der Waals surface area contributed by atoms with Gasteiger partial charge in [0.1, 0.15) is 11.9 Å². The molecule has 160 valence electrons. The van der Waals surface area contributed by atoms with E-state index in [1.54, 1.807) is 4.90 Å². The highest BCUT2D eigenvalue weighted by molar-refractivity contribution is 6.31. The summed E-state index contributed by atoms with van der Waals surface area (Å²) in [6.45, 7) is 1.10. The van der Waals surface area contributed by atoms with Crippen molar-refractivity contribution in [3.63, 3.8) is 0 Å². The molecule has 9 heteroatoms. The lowest BCUT2D eigenvalue weighted by atomic mass is 10.1.